The average Bonchev–Trinajstić information content (AvgIpc) is 3.36. The van der Waals surface area contributed by atoms with Crippen molar-refractivity contribution in [2.45, 2.75) is 87.7 Å². The van der Waals surface area contributed by atoms with Crippen molar-refractivity contribution in [2.75, 3.05) is 26.3 Å². The fourth-order valence-electron chi connectivity index (χ4n) is 7.28. The van der Waals surface area contributed by atoms with Crippen LogP contribution >= 0.6 is 0 Å². The second-order valence-electron chi connectivity index (χ2n) is 10.2. The van der Waals surface area contributed by atoms with Crippen LogP contribution in [0.1, 0.15) is 64.2 Å². The number of likely N-dealkylation sites (tertiary alicyclic amines) is 1. The molecule has 27 heavy (non-hydrogen) atoms. The fraction of sp³-hybridized carbons (Fsp3) is 0.909. The molecule has 4 aliphatic carbocycles. The fourth-order valence-corrected chi connectivity index (χ4v) is 7.28. The Bertz CT molecular complexity index is 667. The minimum atomic E-state index is -0.698. The minimum Gasteiger partial charge on any atom is -0.393 e. The average molecular weight is 376 g/mol. The summed E-state index contributed by atoms with van der Waals surface area (Å²) in [4.78, 5) is 2.62. The van der Waals surface area contributed by atoms with Crippen molar-refractivity contribution in [1.29, 1.82) is 0 Å². The smallest absolute Gasteiger partial charge is 0.169 e. The maximum absolute atomic E-state index is 12.3. The highest BCUT2D eigenvalue weighted by Gasteiger charge is 2.68. The van der Waals surface area contributed by atoms with E-state index < -0.39 is 11.4 Å². The van der Waals surface area contributed by atoms with E-state index in [1.807, 2.05) is 0 Å². The minimum absolute atomic E-state index is 0.236. The van der Waals surface area contributed by atoms with Gasteiger partial charge in [-0.1, -0.05) is 11.1 Å². The van der Waals surface area contributed by atoms with E-state index in [2.05, 4.69) is 4.90 Å². The lowest BCUT2D eigenvalue weighted by molar-refractivity contribution is -0.274. The SMILES string of the molecule is O[C@H]1CCC2=C(C1)[C@]13CCN(CC4CC4)[C@H](C2)[C@]1(O)CCC1(C3)OCCO1. The summed E-state index contributed by atoms with van der Waals surface area (Å²) in [6.07, 6.45) is 9.38. The van der Waals surface area contributed by atoms with Crippen molar-refractivity contribution in [2.24, 2.45) is 11.3 Å². The van der Waals surface area contributed by atoms with E-state index in [0.717, 1.165) is 70.4 Å². The number of aliphatic hydroxyl groups excluding tert-OH is 1. The maximum atomic E-state index is 12.3. The molecule has 6 rings (SSSR count). The molecule has 2 saturated heterocycles. The van der Waals surface area contributed by atoms with Gasteiger partial charge in [-0.15, -0.1) is 0 Å². The maximum Gasteiger partial charge on any atom is 0.169 e. The Hall–Kier alpha value is -0.460. The highest BCUT2D eigenvalue weighted by molar-refractivity contribution is 5.39. The van der Waals surface area contributed by atoms with Gasteiger partial charge in [-0.25, -0.2) is 0 Å². The Balaban J connectivity index is 1.44. The second-order valence-corrected chi connectivity index (χ2v) is 10.2. The van der Waals surface area contributed by atoms with E-state index in [0.29, 0.717) is 13.2 Å². The number of rotatable bonds is 2. The van der Waals surface area contributed by atoms with Crippen molar-refractivity contribution in [1.82, 2.24) is 4.90 Å². The van der Waals surface area contributed by atoms with E-state index in [9.17, 15) is 10.2 Å². The van der Waals surface area contributed by atoms with Crippen LogP contribution in [0, 0.1) is 11.3 Å². The van der Waals surface area contributed by atoms with Crippen molar-refractivity contribution in [3.8, 4) is 0 Å². The molecule has 4 fully saturated rings. The van der Waals surface area contributed by atoms with Crippen LogP contribution in [0.4, 0.5) is 0 Å². The number of hydrogen-bond acceptors (Lipinski definition) is 5. The van der Waals surface area contributed by atoms with Crippen molar-refractivity contribution in [3.63, 3.8) is 0 Å². The molecule has 150 valence electrons. The molecule has 1 spiro atoms. The summed E-state index contributed by atoms with van der Waals surface area (Å²) < 4.78 is 12.3. The molecule has 0 radical (unpaired) electrons. The van der Waals surface area contributed by atoms with Crippen LogP contribution in [0.5, 0.6) is 0 Å². The lowest BCUT2D eigenvalue weighted by Crippen LogP contribution is -2.73. The predicted molar refractivity (Wildman–Crippen MR) is 100 cm³/mol. The van der Waals surface area contributed by atoms with Gasteiger partial charge in [-0.2, -0.15) is 0 Å². The zero-order chi connectivity index (χ0) is 18.3. The van der Waals surface area contributed by atoms with Crippen LogP contribution in [0.3, 0.4) is 0 Å². The molecule has 0 unspecified atom stereocenters. The van der Waals surface area contributed by atoms with Gasteiger partial charge in [0.2, 0.25) is 0 Å². The zero-order valence-corrected chi connectivity index (χ0v) is 16.3. The first-order valence-electron chi connectivity index (χ1n) is 11.2. The van der Waals surface area contributed by atoms with Crippen LogP contribution in [-0.2, 0) is 9.47 Å². The van der Waals surface area contributed by atoms with E-state index in [1.54, 1.807) is 0 Å². The molecule has 6 aliphatic rings. The van der Waals surface area contributed by atoms with E-state index in [4.69, 9.17) is 9.47 Å². The molecule has 2 bridgehead atoms. The van der Waals surface area contributed by atoms with Gasteiger partial charge in [0.25, 0.3) is 0 Å². The molecule has 2 saturated carbocycles. The standard InChI is InChI=1S/C22H33NO4/c24-17-4-3-16-11-19-22(25)6-5-21(26-9-10-27-21)14-20(22,18(16)12-17)7-8-23(19)13-15-1-2-15/h15,17,19,24-25H,1-14H2/t17-,19+,20+,22+/m0/s1. The molecule has 2 aliphatic heterocycles. The summed E-state index contributed by atoms with van der Waals surface area (Å²) in [6.45, 7) is 3.55. The third-order valence-electron chi connectivity index (χ3n) is 8.77. The monoisotopic (exact) mass is 375 g/mol. The van der Waals surface area contributed by atoms with Gasteiger partial charge in [-0.05, 0) is 63.8 Å². The van der Waals surface area contributed by atoms with Crippen LogP contribution in [0.25, 0.3) is 0 Å². The molecule has 0 aromatic carbocycles. The van der Waals surface area contributed by atoms with Gasteiger partial charge in [-0.3, -0.25) is 4.90 Å². The lowest BCUT2D eigenvalue weighted by atomic mass is 9.47. The third-order valence-corrected chi connectivity index (χ3v) is 8.77. The second kappa shape index (κ2) is 5.79. The van der Waals surface area contributed by atoms with Crippen LogP contribution in [0.2, 0.25) is 0 Å². The summed E-state index contributed by atoms with van der Waals surface area (Å²) in [5.41, 5.74) is 1.95. The lowest BCUT2D eigenvalue weighted by Gasteiger charge is -2.67. The number of ether oxygens (including phenoxy) is 2. The molecular weight excluding hydrogens is 342 g/mol. The van der Waals surface area contributed by atoms with Gasteiger partial charge < -0.3 is 19.7 Å². The molecular formula is C22H33NO4. The number of aliphatic hydroxyl groups is 2. The normalized spacial score (nSPS) is 46.4. The highest BCUT2D eigenvalue weighted by Crippen LogP contribution is 2.65. The molecule has 2 N–H and O–H groups in total. The molecule has 0 aromatic heterocycles. The third kappa shape index (κ3) is 2.42. The van der Waals surface area contributed by atoms with E-state index in [-0.39, 0.29) is 17.6 Å². The zero-order valence-electron chi connectivity index (χ0n) is 16.3. The van der Waals surface area contributed by atoms with Gasteiger partial charge in [0, 0.05) is 30.8 Å². The van der Waals surface area contributed by atoms with Crippen molar-refractivity contribution < 1.29 is 19.7 Å². The van der Waals surface area contributed by atoms with Crippen LogP contribution in [-0.4, -0.2) is 65.0 Å². The summed E-state index contributed by atoms with van der Waals surface area (Å²) in [5.74, 6) is 0.342. The Kier molecular flexibility index (Phi) is 3.73. The van der Waals surface area contributed by atoms with Gasteiger partial charge in [0.1, 0.15) is 0 Å². The topological polar surface area (TPSA) is 62.2 Å². The molecule has 5 heteroatoms. The van der Waals surface area contributed by atoms with Crippen molar-refractivity contribution >= 4 is 0 Å². The van der Waals surface area contributed by atoms with Crippen LogP contribution < -0.4 is 0 Å². The Labute approximate surface area is 161 Å². The highest BCUT2D eigenvalue weighted by atomic mass is 16.7. The summed E-state index contributed by atoms with van der Waals surface area (Å²) in [6, 6.07) is 0.236. The molecule has 2 heterocycles. The first-order chi connectivity index (χ1) is 13.0. The van der Waals surface area contributed by atoms with E-state index in [1.165, 1.54) is 24.0 Å². The molecule has 0 aromatic rings. The Morgan fingerprint density at radius 3 is 2.63 bits per heavy atom. The quantitative estimate of drug-likeness (QED) is 0.726. The Morgan fingerprint density at radius 1 is 1.04 bits per heavy atom. The predicted octanol–water partition coefficient (Wildman–Crippen LogP) is 2.36. The molecule has 5 nitrogen and oxygen atoms in total. The van der Waals surface area contributed by atoms with Gasteiger partial charge >= 0.3 is 0 Å². The van der Waals surface area contributed by atoms with Gasteiger partial charge in [0.15, 0.2) is 5.79 Å². The summed E-state index contributed by atoms with van der Waals surface area (Å²) in [7, 11) is 0. The van der Waals surface area contributed by atoms with E-state index >= 15 is 0 Å². The van der Waals surface area contributed by atoms with Crippen LogP contribution in [0.15, 0.2) is 11.1 Å². The van der Waals surface area contributed by atoms with Crippen molar-refractivity contribution in [3.05, 3.63) is 11.1 Å². The number of nitrogens with zero attached hydrogens (tertiary/aromatic N) is 1. The summed E-state index contributed by atoms with van der Waals surface area (Å²) in [5, 5.41) is 22.7. The summed E-state index contributed by atoms with van der Waals surface area (Å²) >= 11 is 0. The Morgan fingerprint density at radius 2 is 1.85 bits per heavy atom. The number of hydrogen-bond donors (Lipinski definition) is 2. The molecule has 0 amide bonds. The first-order valence-corrected chi connectivity index (χ1v) is 11.2. The molecule has 4 atom stereocenters. The number of piperidine rings is 1. The van der Waals surface area contributed by atoms with Gasteiger partial charge in [0.05, 0.1) is 24.9 Å². The largest absolute Gasteiger partial charge is 0.393 e. The first kappa shape index (κ1) is 17.4.